The van der Waals surface area contributed by atoms with Gasteiger partial charge in [0.25, 0.3) is 0 Å². The molecule has 0 atom stereocenters. The van der Waals surface area contributed by atoms with Crippen molar-refractivity contribution in [2.75, 3.05) is 32.7 Å². The monoisotopic (exact) mass is 617 g/mol. The highest BCUT2D eigenvalue weighted by atomic mass is 15.1. The third-order valence-electron chi connectivity index (χ3n) is 8.54. The van der Waals surface area contributed by atoms with Crippen molar-refractivity contribution in [3.05, 3.63) is 156 Å². The first kappa shape index (κ1) is 31.3. The maximum atomic E-state index is 3.60. The molecule has 6 aromatic rings. The lowest BCUT2D eigenvalue weighted by Gasteiger charge is -2.25. The van der Waals surface area contributed by atoms with Crippen LogP contribution >= 0.6 is 0 Å². The molecule has 0 bridgehead atoms. The molecule has 0 fully saturated rings. The van der Waals surface area contributed by atoms with E-state index in [1.54, 1.807) is 0 Å². The minimum atomic E-state index is 0.864. The van der Waals surface area contributed by atoms with E-state index in [9.17, 15) is 0 Å². The number of anilines is 10. The third-order valence-corrected chi connectivity index (χ3v) is 8.54. The van der Waals surface area contributed by atoms with Crippen LogP contribution in [-0.4, -0.2) is 6.54 Å². The smallest absolute Gasteiger partial charge is 0.0415 e. The van der Waals surface area contributed by atoms with Crippen LogP contribution in [0.15, 0.2) is 133 Å². The molecule has 5 nitrogen and oxygen atoms in total. The number of nitrogens with zero attached hydrogens (tertiary/aromatic N) is 1. The molecule has 236 valence electrons. The number of para-hydroxylation sites is 2. The third kappa shape index (κ3) is 7.59. The van der Waals surface area contributed by atoms with E-state index >= 15 is 0 Å². The molecule has 0 aliphatic carbocycles. The summed E-state index contributed by atoms with van der Waals surface area (Å²) in [5.74, 6) is 0. The molecule has 0 saturated carbocycles. The lowest BCUT2D eigenvalue weighted by atomic mass is 10.1. The van der Waals surface area contributed by atoms with E-state index in [1.165, 1.54) is 33.6 Å². The second-order valence-electron chi connectivity index (χ2n) is 12.0. The van der Waals surface area contributed by atoms with Crippen LogP contribution in [0, 0.1) is 27.7 Å². The number of aryl methyl sites for hydroxylation is 4. The van der Waals surface area contributed by atoms with Gasteiger partial charge in [-0.05, 0) is 154 Å². The van der Waals surface area contributed by atoms with Crippen LogP contribution in [0.1, 0.15) is 29.2 Å². The summed E-state index contributed by atoms with van der Waals surface area (Å²) in [5, 5.41) is 14.2. The van der Waals surface area contributed by atoms with Crippen molar-refractivity contribution in [2.24, 2.45) is 0 Å². The lowest BCUT2D eigenvalue weighted by molar-refractivity contribution is 1.02. The van der Waals surface area contributed by atoms with Gasteiger partial charge in [0.2, 0.25) is 0 Å². The predicted molar refractivity (Wildman–Crippen MR) is 203 cm³/mol. The first-order valence-electron chi connectivity index (χ1n) is 16.2. The summed E-state index contributed by atoms with van der Waals surface area (Å²) in [4.78, 5) is 2.35. The topological polar surface area (TPSA) is 51.4 Å². The highest BCUT2D eigenvalue weighted by molar-refractivity contribution is 5.75. The number of nitrogens with one attached hydrogen (secondary N) is 4. The van der Waals surface area contributed by atoms with Gasteiger partial charge in [-0.2, -0.15) is 0 Å². The second-order valence-corrected chi connectivity index (χ2v) is 12.0. The molecule has 6 aromatic carbocycles. The van der Waals surface area contributed by atoms with Crippen LogP contribution in [0.2, 0.25) is 0 Å². The molecule has 4 N–H and O–H groups in total. The summed E-state index contributed by atoms with van der Waals surface area (Å²) in [5.41, 5.74) is 15.9. The van der Waals surface area contributed by atoms with Crippen LogP contribution < -0.4 is 26.2 Å². The molecule has 47 heavy (non-hydrogen) atoms. The predicted octanol–water partition coefficient (Wildman–Crippen LogP) is 12.1. The maximum absolute atomic E-state index is 3.60. The van der Waals surface area contributed by atoms with Crippen LogP contribution in [0.5, 0.6) is 0 Å². The van der Waals surface area contributed by atoms with Crippen LogP contribution in [-0.2, 0) is 0 Å². The van der Waals surface area contributed by atoms with Gasteiger partial charge in [0, 0.05) is 63.4 Å². The van der Waals surface area contributed by atoms with Gasteiger partial charge in [0.15, 0.2) is 0 Å². The van der Waals surface area contributed by atoms with Crippen molar-refractivity contribution in [2.45, 2.75) is 34.6 Å². The Hall–Kier alpha value is -5.68. The SMILES string of the molecule is CCN(c1ccc(Nc2ccc(Nc3ccccc3C)cc2)c(C)c1)c1ccc(Nc2ccc(Nc3ccccc3C)cc2)c(C)c1. The summed E-state index contributed by atoms with van der Waals surface area (Å²) < 4.78 is 0. The summed E-state index contributed by atoms with van der Waals surface area (Å²) in [6.45, 7) is 11.6. The quantitative estimate of drug-likeness (QED) is 0.117. The first-order valence-corrected chi connectivity index (χ1v) is 16.2. The lowest BCUT2D eigenvalue weighted by Crippen LogP contribution is -2.16. The molecule has 0 spiro atoms. The Balaban J connectivity index is 1.10. The summed E-state index contributed by atoms with van der Waals surface area (Å²) in [6, 6.07) is 46.8. The Kier molecular flexibility index (Phi) is 9.44. The molecule has 0 aliphatic heterocycles. The molecular weight excluding hydrogens is 574 g/mol. The molecule has 5 heteroatoms. The highest BCUT2D eigenvalue weighted by Crippen LogP contribution is 2.33. The van der Waals surface area contributed by atoms with Gasteiger partial charge < -0.3 is 26.2 Å². The van der Waals surface area contributed by atoms with E-state index in [0.717, 1.165) is 52.0 Å². The first-order chi connectivity index (χ1) is 22.9. The van der Waals surface area contributed by atoms with E-state index in [-0.39, 0.29) is 0 Å². The van der Waals surface area contributed by atoms with Gasteiger partial charge in [0.05, 0.1) is 0 Å². The molecule has 0 aromatic heterocycles. The van der Waals surface area contributed by atoms with Crippen LogP contribution in [0.25, 0.3) is 0 Å². The number of hydrogen-bond donors (Lipinski definition) is 4. The largest absolute Gasteiger partial charge is 0.355 e. The summed E-state index contributed by atoms with van der Waals surface area (Å²) in [6.07, 6.45) is 0. The van der Waals surface area contributed by atoms with Crippen LogP contribution in [0.4, 0.5) is 56.9 Å². The zero-order valence-corrected chi connectivity index (χ0v) is 27.9. The van der Waals surface area contributed by atoms with Crippen molar-refractivity contribution in [3.63, 3.8) is 0 Å². The fourth-order valence-electron chi connectivity index (χ4n) is 5.75. The Morgan fingerprint density at radius 2 is 0.702 bits per heavy atom. The molecule has 0 aliphatic rings. The van der Waals surface area contributed by atoms with E-state index in [0.29, 0.717) is 0 Å². The van der Waals surface area contributed by atoms with Crippen molar-refractivity contribution in [1.29, 1.82) is 0 Å². The van der Waals surface area contributed by atoms with Gasteiger partial charge >= 0.3 is 0 Å². The average molecular weight is 618 g/mol. The average Bonchev–Trinajstić information content (AvgIpc) is 3.07. The number of hydrogen-bond acceptors (Lipinski definition) is 5. The second kappa shape index (κ2) is 14.2. The summed E-state index contributed by atoms with van der Waals surface area (Å²) in [7, 11) is 0. The molecule has 0 saturated heterocycles. The Labute approximate surface area is 279 Å². The highest BCUT2D eigenvalue weighted by Gasteiger charge is 2.12. The molecule has 0 heterocycles. The molecular formula is C42H43N5. The van der Waals surface area contributed by atoms with Crippen molar-refractivity contribution in [3.8, 4) is 0 Å². The zero-order chi connectivity index (χ0) is 32.8. The van der Waals surface area contributed by atoms with Crippen molar-refractivity contribution >= 4 is 56.9 Å². The number of rotatable bonds is 11. The standard InChI is InChI=1S/C42H43N5/c1-6-47(37-23-25-41(31(4)27-37)45-35-19-15-33(16-20-35)43-39-13-9-7-11-29(39)2)38-24-26-42(32(5)28-38)46-36-21-17-34(18-22-36)44-40-14-10-8-12-30(40)3/h7-28,43-46H,6H2,1-5H3. The van der Waals surface area contributed by atoms with E-state index in [4.69, 9.17) is 0 Å². The fraction of sp³-hybridized carbons (Fsp3) is 0.143. The fourth-order valence-corrected chi connectivity index (χ4v) is 5.75. The van der Waals surface area contributed by atoms with E-state index in [1.807, 2.05) is 0 Å². The van der Waals surface area contributed by atoms with Gasteiger partial charge in [-0.1, -0.05) is 36.4 Å². The minimum absolute atomic E-state index is 0.864. The van der Waals surface area contributed by atoms with Gasteiger partial charge in [0.1, 0.15) is 0 Å². The molecule has 0 amide bonds. The van der Waals surface area contributed by atoms with Gasteiger partial charge in [-0.25, -0.2) is 0 Å². The normalized spacial score (nSPS) is 10.7. The van der Waals surface area contributed by atoms with Gasteiger partial charge in [-0.15, -0.1) is 0 Å². The van der Waals surface area contributed by atoms with Crippen molar-refractivity contribution in [1.82, 2.24) is 0 Å². The Morgan fingerprint density at radius 3 is 1.00 bits per heavy atom. The van der Waals surface area contributed by atoms with Gasteiger partial charge in [-0.3, -0.25) is 0 Å². The minimum Gasteiger partial charge on any atom is -0.355 e. The Bertz CT molecular complexity index is 1820. The zero-order valence-electron chi connectivity index (χ0n) is 27.9. The van der Waals surface area contributed by atoms with E-state index in [2.05, 4.69) is 194 Å². The maximum Gasteiger partial charge on any atom is 0.0415 e. The van der Waals surface area contributed by atoms with Crippen molar-refractivity contribution < 1.29 is 0 Å². The number of benzene rings is 6. The van der Waals surface area contributed by atoms with Crippen LogP contribution in [0.3, 0.4) is 0 Å². The molecule has 6 rings (SSSR count). The summed E-state index contributed by atoms with van der Waals surface area (Å²) >= 11 is 0. The Morgan fingerprint density at radius 1 is 0.383 bits per heavy atom. The molecule has 0 radical (unpaired) electrons. The molecule has 0 unspecified atom stereocenters. The van der Waals surface area contributed by atoms with E-state index < -0.39 is 0 Å².